The number of methoxy groups -OCH3 is 1. The first kappa shape index (κ1) is 11.1. The van der Waals surface area contributed by atoms with E-state index in [0.717, 1.165) is 0 Å². The summed E-state index contributed by atoms with van der Waals surface area (Å²) in [5.41, 5.74) is 0.857. The second kappa shape index (κ2) is 5.05. The predicted octanol–water partition coefficient (Wildman–Crippen LogP) is 2.00. The molecule has 0 N–H and O–H groups in total. The van der Waals surface area contributed by atoms with E-state index in [1.165, 1.54) is 19.2 Å². The summed E-state index contributed by atoms with van der Waals surface area (Å²) in [4.78, 5) is 11.2. The minimum atomic E-state index is -0.500. The molecule has 0 aliphatic heterocycles. The number of esters is 1. The van der Waals surface area contributed by atoms with Crippen molar-refractivity contribution in [3.05, 3.63) is 34.3 Å². The Hall–Kier alpha value is -1.97. The van der Waals surface area contributed by atoms with Gasteiger partial charge in [0, 0.05) is 11.5 Å². The van der Waals surface area contributed by atoms with Crippen LogP contribution in [-0.4, -0.2) is 13.1 Å². The van der Waals surface area contributed by atoms with Gasteiger partial charge in [0.05, 0.1) is 17.7 Å². The van der Waals surface area contributed by atoms with Crippen molar-refractivity contribution in [2.45, 2.75) is 0 Å². The molecule has 0 atom stereocenters. The maximum atomic E-state index is 11.2. The Morgan fingerprint density at radius 2 is 2.27 bits per heavy atom. The molecule has 0 amide bonds. The first-order chi connectivity index (χ1) is 7.19. The van der Waals surface area contributed by atoms with Crippen LogP contribution in [0.25, 0.3) is 0 Å². The van der Waals surface area contributed by atoms with Gasteiger partial charge in [0.1, 0.15) is 0 Å². The van der Waals surface area contributed by atoms with E-state index in [9.17, 15) is 4.79 Å². The van der Waals surface area contributed by atoms with Gasteiger partial charge in [-0.3, -0.25) is 0 Å². The number of nitrogens with zero attached hydrogens (tertiary/aromatic N) is 1. The maximum Gasteiger partial charge on any atom is 0.339 e. The third-order valence-electron chi connectivity index (χ3n) is 1.64. The van der Waals surface area contributed by atoms with Crippen LogP contribution in [0.2, 0.25) is 5.02 Å². The number of carbonyl (C=O) groups is 1. The van der Waals surface area contributed by atoms with Crippen LogP contribution >= 0.6 is 11.6 Å². The van der Waals surface area contributed by atoms with E-state index >= 15 is 0 Å². The highest BCUT2D eigenvalue weighted by Gasteiger charge is 2.09. The number of halogens is 1. The van der Waals surface area contributed by atoms with E-state index in [1.807, 2.05) is 0 Å². The van der Waals surface area contributed by atoms with E-state index in [0.29, 0.717) is 5.56 Å². The van der Waals surface area contributed by atoms with Crippen LogP contribution in [0.15, 0.2) is 18.2 Å². The Morgan fingerprint density at radius 1 is 1.53 bits per heavy atom. The third-order valence-corrected chi connectivity index (χ3v) is 1.95. The van der Waals surface area contributed by atoms with Crippen molar-refractivity contribution in [2.24, 2.45) is 0 Å². The Kier molecular flexibility index (Phi) is 3.74. The van der Waals surface area contributed by atoms with Crippen molar-refractivity contribution in [1.29, 1.82) is 5.26 Å². The molecule has 1 rings (SSSR count). The van der Waals surface area contributed by atoms with Crippen molar-refractivity contribution >= 4 is 17.6 Å². The van der Waals surface area contributed by atoms with Crippen LogP contribution in [0.4, 0.5) is 0 Å². The van der Waals surface area contributed by atoms with E-state index in [4.69, 9.17) is 16.9 Å². The molecular weight excluding hydrogens is 214 g/mol. The van der Waals surface area contributed by atoms with Crippen molar-refractivity contribution in [2.75, 3.05) is 7.11 Å². The molecule has 0 aliphatic carbocycles. The minimum Gasteiger partial charge on any atom is -0.465 e. The van der Waals surface area contributed by atoms with Gasteiger partial charge in [0.25, 0.3) is 0 Å². The summed E-state index contributed by atoms with van der Waals surface area (Å²) in [5.74, 6) is 4.31. The molecule has 0 bridgehead atoms. The van der Waals surface area contributed by atoms with Crippen LogP contribution in [-0.2, 0) is 4.74 Å². The van der Waals surface area contributed by atoms with Gasteiger partial charge in [-0.25, -0.2) is 4.79 Å². The molecule has 0 aliphatic rings. The molecule has 74 valence electrons. The molecule has 1 aromatic carbocycles. The monoisotopic (exact) mass is 219 g/mol. The number of ether oxygens (including phenoxy) is 1. The number of hydrogen-bond acceptors (Lipinski definition) is 3. The molecule has 0 radical (unpaired) electrons. The van der Waals surface area contributed by atoms with Gasteiger partial charge >= 0.3 is 5.97 Å². The predicted molar refractivity (Wildman–Crippen MR) is 55.3 cm³/mol. The second-order valence-corrected chi connectivity index (χ2v) is 2.96. The molecule has 0 unspecified atom stereocenters. The van der Waals surface area contributed by atoms with Gasteiger partial charge in [0.2, 0.25) is 0 Å². The fourth-order valence-electron chi connectivity index (χ4n) is 0.968. The van der Waals surface area contributed by atoms with E-state index in [1.54, 1.807) is 12.1 Å². The first-order valence-electron chi connectivity index (χ1n) is 3.97. The van der Waals surface area contributed by atoms with Crippen molar-refractivity contribution in [3.63, 3.8) is 0 Å². The average Bonchev–Trinajstić information content (AvgIpc) is 2.25. The molecule has 0 aromatic heterocycles. The maximum absolute atomic E-state index is 11.2. The van der Waals surface area contributed by atoms with Crippen LogP contribution < -0.4 is 0 Å². The summed E-state index contributed by atoms with van der Waals surface area (Å²) >= 11 is 5.83. The largest absolute Gasteiger partial charge is 0.465 e. The average molecular weight is 220 g/mol. The number of rotatable bonds is 1. The summed E-state index contributed by atoms with van der Waals surface area (Å²) < 4.78 is 4.53. The molecule has 4 heteroatoms. The van der Waals surface area contributed by atoms with Gasteiger partial charge < -0.3 is 4.74 Å². The molecule has 3 nitrogen and oxygen atoms in total. The molecule has 0 saturated heterocycles. The Labute approximate surface area is 92.2 Å². The highest BCUT2D eigenvalue weighted by molar-refractivity contribution is 6.33. The first-order valence-corrected chi connectivity index (χ1v) is 4.35. The molecule has 0 spiro atoms. The van der Waals surface area contributed by atoms with E-state index in [-0.39, 0.29) is 10.6 Å². The zero-order valence-electron chi connectivity index (χ0n) is 7.87. The lowest BCUT2D eigenvalue weighted by Gasteiger charge is -2.01. The number of nitriles is 1. The van der Waals surface area contributed by atoms with Gasteiger partial charge in [-0.1, -0.05) is 17.5 Å². The lowest BCUT2D eigenvalue weighted by atomic mass is 10.1. The Bertz CT molecular complexity index is 492. The topological polar surface area (TPSA) is 50.1 Å². The minimum absolute atomic E-state index is 0.256. The number of carbonyl (C=O) groups excluding carboxylic acids is 1. The summed E-state index contributed by atoms with van der Waals surface area (Å²) in [5, 5.41) is 8.50. The Balaban J connectivity index is 3.10. The van der Waals surface area contributed by atoms with Gasteiger partial charge in [-0.15, -0.1) is 0 Å². The summed E-state index contributed by atoms with van der Waals surface area (Å²) in [6.07, 6.45) is 0. The molecule has 0 saturated carbocycles. The molecule has 0 fully saturated rings. The fraction of sp³-hybridized carbons (Fsp3) is 0.0909. The van der Waals surface area contributed by atoms with E-state index < -0.39 is 5.97 Å². The third kappa shape index (κ3) is 2.74. The molecule has 1 aromatic rings. The normalized spacial score (nSPS) is 8.33. The number of hydrogen-bond donors (Lipinski definition) is 0. The SMILES string of the molecule is COC(=O)c1ccc(C#CC#N)cc1Cl. The standard InChI is InChI=1S/C11H6ClNO2/c1-15-11(14)9-5-4-8(3-2-6-13)7-10(9)12/h4-5,7H,1H3. The number of benzene rings is 1. The zero-order chi connectivity index (χ0) is 11.3. The fourth-order valence-corrected chi connectivity index (χ4v) is 1.23. The lowest BCUT2D eigenvalue weighted by Crippen LogP contribution is -2.01. The summed E-state index contributed by atoms with van der Waals surface area (Å²) in [6.45, 7) is 0. The van der Waals surface area contributed by atoms with Crippen LogP contribution in [0.1, 0.15) is 15.9 Å². The second-order valence-electron chi connectivity index (χ2n) is 2.55. The van der Waals surface area contributed by atoms with Gasteiger partial charge in [-0.2, -0.15) is 5.26 Å². The molecule has 0 heterocycles. The highest BCUT2D eigenvalue weighted by atomic mass is 35.5. The van der Waals surface area contributed by atoms with Crippen molar-refractivity contribution in [1.82, 2.24) is 0 Å². The van der Waals surface area contributed by atoms with Gasteiger partial charge in [0.15, 0.2) is 6.07 Å². The van der Waals surface area contributed by atoms with Crippen molar-refractivity contribution in [3.8, 4) is 17.9 Å². The van der Waals surface area contributed by atoms with Crippen LogP contribution in [0.3, 0.4) is 0 Å². The Morgan fingerprint density at radius 3 is 2.80 bits per heavy atom. The quantitative estimate of drug-likeness (QED) is 0.536. The smallest absolute Gasteiger partial charge is 0.339 e. The van der Waals surface area contributed by atoms with Crippen LogP contribution in [0.5, 0.6) is 0 Å². The summed E-state index contributed by atoms with van der Waals surface area (Å²) in [6, 6.07) is 6.31. The van der Waals surface area contributed by atoms with Crippen LogP contribution in [0, 0.1) is 23.2 Å². The van der Waals surface area contributed by atoms with Crippen molar-refractivity contribution < 1.29 is 9.53 Å². The highest BCUT2D eigenvalue weighted by Crippen LogP contribution is 2.18. The molecule has 15 heavy (non-hydrogen) atoms. The zero-order valence-corrected chi connectivity index (χ0v) is 8.63. The summed E-state index contributed by atoms with van der Waals surface area (Å²) in [7, 11) is 1.28. The van der Waals surface area contributed by atoms with E-state index in [2.05, 4.69) is 16.6 Å². The van der Waals surface area contributed by atoms with Gasteiger partial charge in [-0.05, 0) is 18.2 Å². The lowest BCUT2D eigenvalue weighted by molar-refractivity contribution is 0.0601. The molecular formula is C11H6ClNO2.